The monoisotopic (exact) mass is 411 g/mol. The van der Waals surface area contributed by atoms with Crippen LogP contribution in [-0.2, 0) is 6.54 Å². The molecule has 0 aliphatic rings. The molecule has 0 aliphatic carbocycles. The molecular weight excluding hydrogens is 386 g/mol. The third-order valence-corrected chi connectivity index (χ3v) is 4.43. The summed E-state index contributed by atoms with van der Waals surface area (Å²) in [4.78, 5) is 0. The SMILES string of the molecule is CCCOc1c(Cl)cc(CNc2ccc(Oc3ccccc3)cc2)cc1OCC. The Labute approximate surface area is 177 Å². The summed E-state index contributed by atoms with van der Waals surface area (Å²) in [5.41, 5.74) is 2.01. The van der Waals surface area contributed by atoms with Crippen molar-refractivity contribution in [3.8, 4) is 23.0 Å². The minimum absolute atomic E-state index is 0.554. The highest BCUT2D eigenvalue weighted by Gasteiger charge is 2.12. The van der Waals surface area contributed by atoms with Gasteiger partial charge in [-0.05, 0) is 67.4 Å². The van der Waals surface area contributed by atoms with E-state index in [9.17, 15) is 0 Å². The normalized spacial score (nSPS) is 10.4. The zero-order valence-electron chi connectivity index (χ0n) is 16.8. The largest absolute Gasteiger partial charge is 0.490 e. The maximum atomic E-state index is 6.44. The van der Waals surface area contributed by atoms with Crippen molar-refractivity contribution in [2.24, 2.45) is 0 Å². The predicted octanol–water partition coefficient (Wildman–Crippen LogP) is 6.93. The van der Waals surface area contributed by atoms with Gasteiger partial charge in [-0.15, -0.1) is 0 Å². The quantitative estimate of drug-likeness (QED) is 0.392. The first kappa shape index (κ1) is 20.9. The fourth-order valence-electron chi connectivity index (χ4n) is 2.80. The molecule has 0 unspecified atom stereocenters. The van der Waals surface area contributed by atoms with Gasteiger partial charge >= 0.3 is 0 Å². The first-order valence-corrected chi connectivity index (χ1v) is 10.2. The number of para-hydroxylation sites is 1. The van der Waals surface area contributed by atoms with Crippen molar-refractivity contribution in [1.82, 2.24) is 0 Å². The number of ether oxygens (including phenoxy) is 3. The van der Waals surface area contributed by atoms with Crippen molar-refractivity contribution in [3.63, 3.8) is 0 Å². The zero-order valence-corrected chi connectivity index (χ0v) is 17.5. The molecule has 3 aromatic carbocycles. The Hall–Kier alpha value is -2.85. The van der Waals surface area contributed by atoms with Gasteiger partial charge in [0.25, 0.3) is 0 Å². The topological polar surface area (TPSA) is 39.7 Å². The van der Waals surface area contributed by atoms with Crippen molar-refractivity contribution in [3.05, 3.63) is 77.3 Å². The number of benzene rings is 3. The predicted molar refractivity (Wildman–Crippen MR) is 119 cm³/mol. The van der Waals surface area contributed by atoms with Gasteiger partial charge in [-0.3, -0.25) is 0 Å². The second-order valence-corrected chi connectivity index (χ2v) is 6.89. The molecule has 5 heteroatoms. The molecule has 0 spiro atoms. The van der Waals surface area contributed by atoms with Crippen molar-refractivity contribution in [2.45, 2.75) is 26.8 Å². The van der Waals surface area contributed by atoms with Crippen LogP contribution in [0.3, 0.4) is 0 Å². The van der Waals surface area contributed by atoms with Crippen molar-refractivity contribution < 1.29 is 14.2 Å². The summed E-state index contributed by atoms with van der Waals surface area (Å²) in [5, 5.41) is 3.96. The third-order valence-electron chi connectivity index (χ3n) is 4.15. The Bertz CT molecular complexity index is 898. The van der Waals surface area contributed by atoms with Crippen LogP contribution in [0.2, 0.25) is 5.02 Å². The number of rotatable bonds is 10. The second kappa shape index (κ2) is 10.6. The Morgan fingerprint density at radius 3 is 2.28 bits per heavy atom. The average molecular weight is 412 g/mol. The van der Waals surface area contributed by atoms with Crippen molar-refractivity contribution in [1.29, 1.82) is 0 Å². The first-order valence-electron chi connectivity index (χ1n) is 9.84. The van der Waals surface area contributed by atoms with E-state index >= 15 is 0 Å². The standard InChI is InChI=1S/C24H26ClNO3/c1-3-14-28-24-22(25)15-18(16-23(24)27-4-2)17-26-19-10-12-21(13-11-19)29-20-8-6-5-7-9-20/h5-13,15-16,26H,3-4,14,17H2,1-2H3. The summed E-state index contributed by atoms with van der Waals surface area (Å²) >= 11 is 6.44. The van der Waals surface area contributed by atoms with E-state index in [0.717, 1.165) is 29.2 Å². The maximum absolute atomic E-state index is 6.44. The molecular formula is C24H26ClNO3. The number of nitrogens with one attached hydrogen (secondary N) is 1. The summed E-state index contributed by atoms with van der Waals surface area (Å²) in [5.74, 6) is 2.90. The lowest BCUT2D eigenvalue weighted by atomic mass is 10.2. The molecule has 3 rings (SSSR count). The average Bonchev–Trinajstić information content (AvgIpc) is 2.74. The summed E-state index contributed by atoms with van der Waals surface area (Å²) in [6.45, 7) is 5.78. The van der Waals surface area contributed by atoms with Crippen molar-refractivity contribution >= 4 is 17.3 Å². The molecule has 0 bridgehead atoms. The van der Waals surface area contributed by atoms with Gasteiger partial charge in [0, 0.05) is 12.2 Å². The minimum Gasteiger partial charge on any atom is -0.490 e. The molecule has 0 atom stereocenters. The van der Waals surface area contributed by atoms with Crippen LogP contribution in [0.25, 0.3) is 0 Å². The molecule has 0 saturated carbocycles. The van der Waals surface area contributed by atoms with Crippen LogP contribution in [0.15, 0.2) is 66.7 Å². The molecule has 0 saturated heterocycles. The van der Waals surface area contributed by atoms with Crippen LogP contribution in [0.5, 0.6) is 23.0 Å². The molecule has 1 N–H and O–H groups in total. The number of halogens is 1. The van der Waals surface area contributed by atoms with Gasteiger partial charge in [0.15, 0.2) is 11.5 Å². The van der Waals surface area contributed by atoms with Gasteiger partial charge in [-0.1, -0.05) is 36.7 Å². The summed E-state index contributed by atoms with van der Waals surface area (Å²) in [6.07, 6.45) is 0.912. The van der Waals surface area contributed by atoms with E-state index in [4.69, 9.17) is 25.8 Å². The highest BCUT2D eigenvalue weighted by molar-refractivity contribution is 6.32. The lowest BCUT2D eigenvalue weighted by Gasteiger charge is -2.15. The smallest absolute Gasteiger partial charge is 0.179 e. The van der Waals surface area contributed by atoms with E-state index in [1.165, 1.54) is 0 Å². The molecule has 3 aromatic rings. The molecule has 0 aliphatic heterocycles. The first-order chi connectivity index (χ1) is 14.2. The lowest BCUT2D eigenvalue weighted by Crippen LogP contribution is -2.04. The van der Waals surface area contributed by atoms with Gasteiger partial charge < -0.3 is 19.5 Å². The number of hydrogen-bond acceptors (Lipinski definition) is 4. The van der Waals surface area contributed by atoms with E-state index in [1.54, 1.807) is 0 Å². The van der Waals surface area contributed by atoms with Crippen LogP contribution >= 0.6 is 11.6 Å². The zero-order chi connectivity index (χ0) is 20.5. The lowest BCUT2D eigenvalue weighted by molar-refractivity contribution is 0.277. The Morgan fingerprint density at radius 2 is 1.59 bits per heavy atom. The summed E-state index contributed by atoms with van der Waals surface area (Å²) < 4.78 is 17.3. The summed E-state index contributed by atoms with van der Waals surface area (Å²) in [7, 11) is 0. The molecule has 0 heterocycles. The van der Waals surface area contributed by atoms with Gasteiger partial charge in [0.1, 0.15) is 11.5 Å². The van der Waals surface area contributed by atoms with Gasteiger partial charge in [0.05, 0.1) is 18.2 Å². The molecule has 29 heavy (non-hydrogen) atoms. The Kier molecular flexibility index (Phi) is 7.65. The highest BCUT2D eigenvalue weighted by Crippen LogP contribution is 2.37. The van der Waals surface area contributed by atoms with E-state index in [-0.39, 0.29) is 0 Å². The van der Waals surface area contributed by atoms with Crippen LogP contribution in [0.4, 0.5) is 5.69 Å². The van der Waals surface area contributed by atoms with E-state index < -0.39 is 0 Å². The van der Waals surface area contributed by atoms with Gasteiger partial charge in [-0.25, -0.2) is 0 Å². The van der Waals surface area contributed by atoms with E-state index in [2.05, 4.69) is 12.2 Å². The molecule has 4 nitrogen and oxygen atoms in total. The molecule has 0 amide bonds. The van der Waals surface area contributed by atoms with Crippen LogP contribution in [0.1, 0.15) is 25.8 Å². The number of hydrogen-bond donors (Lipinski definition) is 1. The molecule has 152 valence electrons. The molecule has 0 aromatic heterocycles. The Balaban J connectivity index is 1.64. The summed E-state index contributed by atoms with van der Waals surface area (Å²) in [6, 6.07) is 21.5. The van der Waals surface area contributed by atoms with Crippen molar-refractivity contribution in [2.75, 3.05) is 18.5 Å². The van der Waals surface area contributed by atoms with E-state index in [0.29, 0.717) is 36.3 Å². The second-order valence-electron chi connectivity index (χ2n) is 6.48. The number of anilines is 1. The highest BCUT2D eigenvalue weighted by atomic mass is 35.5. The molecule has 0 radical (unpaired) electrons. The maximum Gasteiger partial charge on any atom is 0.179 e. The Morgan fingerprint density at radius 1 is 0.862 bits per heavy atom. The van der Waals surface area contributed by atoms with Crippen LogP contribution < -0.4 is 19.5 Å². The van der Waals surface area contributed by atoms with Gasteiger partial charge in [-0.2, -0.15) is 0 Å². The van der Waals surface area contributed by atoms with Crippen LogP contribution in [0, 0.1) is 0 Å². The van der Waals surface area contributed by atoms with E-state index in [1.807, 2.05) is 73.7 Å². The van der Waals surface area contributed by atoms with Crippen LogP contribution in [-0.4, -0.2) is 13.2 Å². The fourth-order valence-corrected chi connectivity index (χ4v) is 3.09. The minimum atomic E-state index is 0.554. The molecule has 0 fully saturated rings. The third kappa shape index (κ3) is 6.06. The fraction of sp³-hybridized carbons (Fsp3) is 0.250. The van der Waals surface area contributed by atoms with Gasteiger partial charge in [0.2, 0.25) is 0 Å².